The first kappa shape index (κ1) is 27.8. The van der Waals surface area contributed by atoms with Crippen LogP contribution in [0.4, 0.5) is 0 Å². The van der Waals surface area contributed by atoms with E-state index in [-0.39, 0.29) is 24.8 Å². The molecule has 2 aliphatic carbocycles. The zero-order chi connectivity index (χ0) is 21.1. The number of rotatable bonds is 9. The topological polar surface area (TPSA) is 0 Å². The quantitative estimate of drug-likeness (QED) is 0.411. The molecule has 0 aliphatic heterocycles. The third kappa shape index (κ3) is 5.30. The molecule has 0 amide bonds. The summed E-state index contributed by atoms with van der Waals surface area (Å²) >= 11 is -1.89. The van der Waals surface area contributed by atoms with Crippen LogP contribution in [-0.4, -0.2) is 5.92 Å². The minimum atomic E-state index is -1.89. The van der Waals surface area contributed by atoms with E-state index in [9.17, 15) is 0 Å². The van der Waals surface area contributed by atoms with Crippen molar-refractivity contribution in [1.82, 2.24) is 0 Å². The molecule has 0 bridgehead atoms. The van der Waals surface area contributed by atoms with Crippen molar-refractivity contribution in [3.05, 3.63) is 81.9 Å². The fraction of sp³-hybridized carbons (Fsp3) is 0.429. The molecular formula is C28H37Cl2SiZr. The average molecular weight is 564 g/mol. The number of hydrogen-bond acceptors (Lipinski definition) is 0. The van der Waals surface area contributed by atoms with Gasteiger partial charge in [-0.15, -0.1) is 0 Å². The number of fused-ring (bicyclic) bond motifs is 2. The summed E-state index contributed by atoms with van der Waals surface area (Å²) in [5, 5.41) is 0. The maximum atomic E-state index is 2.60. The maximum Gasteiger partial charge on any atom is -1.00 e. The van der Waals surface area contributed by atoms with Gasteiger partial charge in [-0.1, -0.05) is 0 Å². The van der Waals surface area contributed by atoms with Crippen LogP contribution in [0.1, 0.15) is 82.9 Å². The van der Waals surface area contributed by atoms with Gasteiger partial charge in [0.25, 0.3) is 0 Å². The van der Waals surface area contributed by atoms with Crippen molar-refractivity contribution in [2.45, 2.75) is 72.7 Å². The van der Waals surface area contributed by atoms with Crippen molar-refractivity contribution in [2.75, 3.05) is 0 Å². The number of benzene rings is 2. The first-order valence-corrected chi connectivity index (χ1v) is 21.5. The van der Waals surface area contributed by atoms with Gasteiger partial charge in [-0.05, 0) is 0 Å². The van der Waals surface area contributed by atoms with E-state index in [0.717, 1.165) is 7.25 Å². The minimum Gasteiger partial charge on any atom is -1.00 e. The third-order valence-corrected chi connectivity index (χ3v) is 33.7. The Kier molecular flexibility index (Phi) is 11.2. The molecule has 2 unspecified atom stereocenters. The molecule has 2 aromatic carbocycles. The summed E-state index contributed by atoms with van der Waals surface area (Å²) in [7, 11) is 0. The maximum absolute atomic E-state index is 2.60. The zero-order valence-electron chi connectivity index (χ0n) is 20.0. The van der Waals surface area contributed by atoms with Gasteiger partial charge in [0.2, 0.25) is 0 Å². The molecule has 0 aromatic heterocycles. The van der Waals surface area contributed by atoms with Gasteiger partial charge in [0, 0.05) is 0 Å². The second-order valence-electron chi connectivity index (χ2n) is 9.08. The van der Waals surface area contributed by atoms with E-state index in [1.165, 1.54) is 48.9 Å². The van der Waals surface area contributed by atoms with E-state index >= 15 is 0 Å². The molecular weight excluding hydrogens is 527 g/mol. The zero-order valence-corrected chi connectivity index (χ0v) is 25.1. The normalized spacial score (nSPS) is 18.3. The first-order valence-electron chi connectivity index (χ1n) is 12.2. The summed E-state index contributed by atoms with van der Waals surface area (Å²) in [5.74, 6) is -0.743. The van der Waals surface area contributed by atoms with Crippen molar-refractivity contribution in [3.8, 4) is 0 Å². The van der Waals surface area contributed by atoms with Crippen LogP contribution in [0.15, 0.2) is 59.7 Å². The molecule has 4 heteroatoms. The van der Waals surface area contributed by atoms with Crippen LogP contribution in [-0.2, 0) is 20.9 Å². The van der Waals surface area contributed by atoms with Gasteiger partial charge in [-0.25, -0.2) is 0 Å². The van der Waals surface area contributed by atoms with Crippen molar-refractivity contribution in [3.63, 3.8) is 0 Å². The predicted octanol–water partition coefficient (Wildman–Crippen LogP) is 2.25. The summed E-state index contributed by atoms with van der Waals surface area (Å²) in [4.78, 5) is 0. The van der Waals surface area contributed by atoms with Crippen LogP contribution >= 0.6 is 0 Å². The van der Waals surface area contributed by atoms with Crippen LogP contribution in [0, 0.1) is 0 Å². The summed E-state index contributed by atoms with van der Waals surface area (Å²) in [6.07, 6.45) is 10.3. The second kappa shape index (κ2) is 12.9. The van der Waals surface area contributed by atoms with Gasteiger partial charge in [0.1, 0.15) is 0 Å². The second-order valence-corrected chi connectivity index (χ2v) is 27.4. The van der Waals surface area contributed by atoms with Gasteiger partial charge < -0.3 is 24.8 Å². The summed E-state index contributed by atoms with van der Waals surface area (Å²) < 4.78 is 1.63. The Balaban J connectivity index is 0.00000181. The number of allylic oxidation sites excluding steroid dienone is 2. The molecule has 0 saturated carbocycles. The van der Waals surface area contributed by atoms with Gasteiger partial charge in [0.15, 0.2) is 0 Å². The minimum absolute atomic E-state index is 0. The van der Waals surface area contributed by atoms with Gasteiger partial charge in [-0.3, -0.25) is 0 Å². The van der Waals surface area contributed by atoms with Crippen LogP contribution < -0.4 is 24.8 Å². The SMILES string of the molecule is CCCC1=Cc2ccccc2[CH]1[Zr+2]([CH]1C(CCC)=Cc2ccccc21)[SiH](CC)CC.[Cl-].[Cl-]. The van der Waals surface area contributed by atoms with Gasteiger partial charge in [-0.2, -0.15) is 0 Å². The van der Waals surface area contributed by atoms with Crippen LogP contribution in [0.25, 0.3) is 12.2 Å². The first-order chi connectivity index (χ1) is 14.7. The predicted molar refractivity (Wildman–Crippen MR) is 132 cm³/mol. The van der Waals surface area contributed by atoms with E-state index in [1.54, 1.807) is 22.3 Å². The van der Waals surface area contributed by atoms with Crippen LogP contribution in [0.2, 0.25) is 12.1 Å². The molecule has 0 fully saturated rings. The molecule has 2 atom stereocenters. The summed E-state index contributed by atoms with van der Waals surface area (Å²) in [5.41, 5.74) is 10.1. The Morgan fingerprint density at radius 2 is 1.06 bits per heavy atom. The summed E-state index contributed by atoms with van der Waals surface area (Å²) in [6, 6.07) is 21.8. The third-order valence-electron chi connectivity index (χ3n) is 7.24. The van der Waals surface area contributed by atoms with E-state index < -0.39 is 26.8 Å². The molecule has 0 N–H and O–H groups in total. The summed E-state index contributed by atoms with van der Waals surface area (Å²) in [6.45, 7) is 9.78. The molecule has 2 aromatic rings. The Morgan fingerprint density at radius 3 is 1.44 bits per heavy atom. The van der Waals surface area contributed by atoms with E-state index in [2.05, 4.69) is 88.4 Å². The molecule has 171 valence electrons. The fourth-order valence-electron chi connectivity index (χ4n) is 5.97. The van der Waals surface area contributed by atoms with Gasteiger partial charge >= 0.3 is 194 Å². The molecule has 0 radical (unpaired) electrons. The Bertz CT molecular complexity index is 876. The Morgan fingerprint density at radius 1 is 0.656 bits per heavy atom. The van der Waals surface area contributed by atoms with Crippen LogP contribution in [0.5, 0.6) is 0 Å². The number of hydrogen-bond donors (Lipinski definition) is 0. The Hall–Kier alpha value is -0.400. The molecule has 0 saturated heterocycles. The molecule has 4 rings (SSSR count). The molecule has 0 heterocycles. The van der Waals surface area contributed by atoms with Crippen molar-refractivity contribution in [2.24, 2.45) is 0 Å². The van der Waals surface area contributed by atoms with Crippen molar-refractivity contribution >= 4 is 18.1 Å². The standard InChI is InChI=1S/2C12H13.C4H11Si.2ClH.Zr/c2*1-2-5-10-8-11-6-3-4-7-12(11)9-10;1-3-5-4-2;;;/h2*3-4,6-9H,2,5H2,1H3;5H,3-4H2,1-2H3;2*1H;/q;;;;;+2/p-2. The monoisotopic (exact) mass is 561 g/mol. The fourth-order valence-corrected chi connectivity index (χ4v) is 34.1. The molecule has 0 nitrogen and oxygen atoms in total. The van der Waals surface area contributed by atoms with Gasteiger partial charge in [0.05, 0.1) is 0 Å². The molecule has 0 spiro atoms. The largest absolute Gasteiger partial charge is 1.00 e. The van der Waals surface area contributed by atoms with Crippen molar-refractivity contribution < 1.29 is 45.7 Å². The van der Waals surface area contributed by atoms with Crippen LogP contribution in [0.3, 0.4) is 0 Å². The van der Waals surface area contributed by atoms with E-state index in [4.69, 9.17) is 0 Å². The smallest absolute Gasteiger partial charge is 1.00 e. The van der Waals surface area contributed by atoms with E-state index in [0.29, 0.717) is 0 Å². The molecule has 2 aliphatic rings. The molecule has 32 heavy (non-hydrogen) atoms. The Labute approximate surface area is 217 Å². The van der Waals surface area contributed by atoms with Crippen molar-refractivity contribution in [1.29, 1.82) is 0 Å². The van der Waals surface area contributed by atoms with E-state index in [1.807, 2.05) is 0 Å². The number of halogens is 2. The average Bonchev–Trinajstić information content (AvgIpc) is 3.30.